The van der Waals surface area contributed by atoms with Crippen molar-refractivity contribution < 1.29 is 9.53 Å². The second-order valence-corrected chi connectivity index (χ2v) is 5.85. The highest BCUT2D eigenvalue weighted by molar-refractivity contribution is 5.72. The number of carbonyl (C=O) groups is 1. The Morgan fingerprint density at radius 1 is 1.11 bits per heavy atom. The van der Waals surface area contributed by atoms with E-state index in [0.29, 0.717) is 13.2 Å². The molecular weight excluding hydrogens is 226 g/mol. The van der Waals surface area contributed by atoms with Gasteiger partial charge in [-0.05, 0) is 33.3 Å². The van der Waals surface area contributed by atoms with E-state index in [1.54, 1.807) is 0 Å². The number of carbonyl (C=O) groups excluding carboxylic acids is 1. The lowest BCUT2D eigenvalue weighted by atomic mass is 10.0. The van der Waals surface area contributed by atoms with Crippen LogP contribution in [0, 0.1) is 0 Å². The lowest BCUT2D eigenvalue weighted by molar-refractivity contribution is -0.145. The van der Waals surface area contributed by atoms with E-state index in [2.05, 4.69) is 32.6 Å². The molecule has 0 radical (unpaired) electrons. The zero-order valence-corrected chi connectivity index (χ0v) is 11.6. The highest BCUT2D eigenvalue weighted by atomic mass is 16.5. The normalized spacial score (nSPS) is 20.4. The Labute approximate surface area is 109 Å². The molecular formula is C15H21NO2. The van der Waals surface area contributed by atoms with E-state index in [0.717, 1.165) is 5.56 Å². The van der Waals surface area contributed by atoms with Crippen LogP contribution in [0.4, 0.5) is 0 Å². The first-order valence-electron chi connectivity index (χ1n) is 6.33. The standard InChI is InChI=1S/C15H21NO2/c1-14(2)15(3,4)16(14)10-13(17)18-11-12-8-6-5-7-9-12/h5-9H,10-11H2,1-4H3. The third kappa shape index (κ3) is 2.27. The molecule has 2 rings (SSSR count). The van der Waals surface area contributed by atoms with Crippen LogP contribution in [0.1, 0.15) is 33.3 Å². The largest absolute Gasteiger partial charge is 0.460 e. The molecule has 1 heterocycles. The minimum absolute atomic E-state index is 0.0821. The summed E-state index contributed by atoms with van der Waals surface area (Å²) >= 11 is 0. The van der Waals surface area contributed by atoms with E-state index >= 15 is 0 Å². The van der Waals surface area contributed by atoms with Gasteiger partial charge in [0.25, 0.3) is 0 Å². The monoisotopic (exact) mass is 247 g/mol. The van der Waals surface area contributed by atoms with Crippen molar-refractivity contribution in [2.24, 2.45) is 0 Å². The predicted molar refractivity (Wildman–Crippen MR) is 71.1 cm³/mol. The number of hydrogen-bond donors (Lipinski definition) is 0. The summed E-state index contributed by atoms with van der Waals surface area (Å²) in [5.41, 5.74) is 1.19. The lowest BCUT2D eigenvalue weighted by Crippen LogP contribution is -2.21. The summed E-state index contributed by atoms with van der Waals surface area (Å²) in [6.07, 6.45) is 0. The van der Waals surface area contributed by atoms with Gasteiger partial charge in [-0.1, -0.05) is 30.3 Å². The quantitative estimate of drug-likeness (QED) is 0.605. The van der Waals surface area contributed by atoms with Crippen LogP contribution < -0.4 is 0 Å². The average Bonchev–Trinajstić information content (AvgIpc) is 2.70. The van der Waals surface area contributed by atoms with Crippen LogP contribution in [-0.4, -0.2) is 28.5 Å². The van der Waals surface area contributed by atoms with Gasteiger partial charge in [0.1, 0.15) is 6.61 Å². The van der Waals surface area contributed by atoms with Crippen LogP contribution in [0.25, 0.3) is 0 Å². The maximum atomic E-state index is 11.8. The Hall–Kier alpha value is -1.35. The van der Waals surface area contributed by atoms with Gasteiger partial charge in [0.05, 0.1) is 6.54 Å². The lowest BCUT2D eigenvalue weighted by Gasteiger charge is -2.08. The summed E-state index contributed by atoms with van der Waals surface area (Å²) in [5, 5.41) is 0. The SMILES string of the molecule is CC1(C)N(CC(=O)OCc2ccccc2)C1(C)C. The van der Waals surface area contributed by atoms with Crippen LogP contribution in [0.5, 0.6) is 0 Å². The second kappa shape index (κ2) is 4.39. The van der Waals surface area contributed by atoms with Gasteiger partial charge < -0.3 is 4.74 Å². The molecule has 1 aliphatic rings. The molecule has 3 heteroatoms. The van der Waals surface area contributed by atoms with Gasteiger partial charge in [0.15, 0.2) is 0 Å². The number of rotatable bonds is 4. The molecule has 0 spiro atoms. The molecule has 1 aromatic carbocycles. The van der Waals surface area contributed by atoms with Crippen molar-refractivity contribution in [1.29, 1.82) is 0 Å². The highest BCUT2D eigenvalue weighted by Crippen LogP contribution is 2.50. The summed E-state index contributed by atoms with van der Waals surface area (Å²) < 4.78 is 5.28. The Bertz CT molecular complexity index is 423. The summed E-state index contributed by atoms with van der Waals surface area (Å²) in [5.74, 6) is -0.155. The zero-order chi connectivity index (χ0) is 13.4. The first-order valence-corrected chi connectivity index (χ1v) is 6.33. The van der Waals surface area contributed by atoms with E-state index in [-0.39, 0.29) is 17.0 Å². The topological polar surface area (TPSA) is 29.3 Å². The van der Waals surface area contributed by atoms with E-state index in [4.69, 9.17) is 4.74 Å². The van der Waals surface area contributed by atoms with Gasteiger partial charge >= 0.3 is 5.97 Å². The van der Waals surface area contributed by atoms with Gasteiger partial charge in [-0.25, -0.2) is 0 Å². The molecule has 0 saturated carbocycles. The van der Waals surface area contributed by atoms with Crippen molar-refractivity contribution >= 4 is 5.97 Å². The number of esters is 1. The van der Waals surface area contributed by atoms with Gasteiger partial charge in [0, 0.05) is 11.1 Å². The van der Waals surface area contributed by atoms with Crippen LogP contribution in [0.3, 0.4) is 0 Å². The third-order valence-corrected chi connectivity index (χ3v) is 4.33. The number of hydrogen-bond acceptors (Lipinski definition) is 3. The van der Waals surface area contributed by atoms with Gasteiger partial charge in [-0.3, -0.25) is 9.69 Å². The molecule has 1 aliphatic heterocycles. The molecule has 98 valence electrons. The third-order valence-electron chi connectivity index (χ3n) is 4.33. The molecule has 0 amide bonds. The van der Waals surface area contributed by atoms with Gasteiger partial charge in [0.2, 0.25) is 0 Å². The smallest absolute Gasteiger partial charge is 0.320 e. The molecule has 1 saturated heterocycles. The molecule has 0 aliphatic carbocycles. The molecule has 1 fully saturated rings. The van der Waals surface area contributed by atoms with Crippen molar-refractivity contribution in [3.63, 3.8) is 0 Å². The van der Waals surface area contributed by atoms with E-state index < -0.39 is 0 Å². The fraction of sp³-hybridized carbons (Fsp3) is 0.533. The van der Waals surface area contributed by atoms with E-state index in [1.807, 2.05) is 30.3 Å². The second-order valence-electron chi connectivity index (χ2n) is 5.85. The van der Waals surface area contributed by atoms with Crippen molar-refractivity contribution in [2.75, 3.05) is 6.54 Å². The van der Waals surface area contributed by atoms with Crippen LogP contribution in [0.2, 0.25) is 0 Å². The first-order chi connectivity index (χ1) is 8.35. The molecule has 0 unspecified atom stereocenters. The minimum Gasteiger partial charge on any atom is -0.460 e. The Morgan fingerprint density at radius 2 is 1.67 bits per heavy atom. The van der Waals surface area contributed by atoms with Crippen molar-refractivity contribution in [3.8, 4) is 0 Å². The summed E-state index contributed by atoms with van der Waals surface area (Å²) in [6, 6.07) is 9.75. The number of nitrogens with zero attached hydrogens (tertiary/aromatic N) is 1. The molecule has 0 bridgehead atoms. The zero-order valence-electron chi connectivity index (χ0n) is 11.6. The van der Waals surface area contributed by atoms with Crippen LogP contribution in [-0.2, 0) is 16.1 Å². The predicted octanol–water partition coefficient (Wildman–Crippen LogP) is 2.60. The minimum atomic E-state index is -0.155. The van der Waals surface area contributed by atoms with Crippen molar-refractivity contribution in [3.05, 3.63) is 35.9 Å². The fourth-order valence-electron chi connectivity index (χ4n) is 2.33. The Morgan fingerprint density at radius 3 is 2.17 bits per heavy atom. The number of ether oxygens (including phenoxy) is 1. The van der Waals surface area contributed by atoms with Crippen LogP contribution in [0.15, 0.2) is 30.3 Å². The summed E-state index contributed by atoms with van der Waals surface area (Å²) in [4.78, 5) is 13.9. The van der Waals surface area contributed by atoms with Crippen molar-refractivity contribution in [2.45, 2.75) is 45.4 Å². The van der Waals surface area contributed by atoms with E-state index in [1.165, 1.54) is 0 Å². The molecule has 3 nitrogen and oxygen atoms in total. The molecule has 0 N–H and O–H groups in total. The first kappa shape index (κ1) is 13.1. The van der Waals surface area contributed by atoms with Gasteiger partial charge in [-0.15, -0.1) is 0 Å². The summed E-state index contributed by atoms with van der Waals surface area (Å²) in [7, 11) is 0. The Kier molecular flexibility index (Phi) is 3.20. The number of benzene rings is 1. The fourth-order valence-corrected chi connectivity index (χ4v) is 2.33. The Balaban J connectivity index is 1.81. The molecule has 18 heavy (non-hydrogen) atoms. The maximum Gasteiger partial charge on any atom is 0.320 e. The molecule has 0 atom stereocenters. The van der Waals surface area contributed by atoms with Crippen LogP contribution >= 0.6 is 0 Å². The van der Waals surface area contributed by atoms with Crippen molar-refractivity contribution in [1.82, 2.24) is 4.90 Å². The highest BCUT2D eigenvalue weighted by Gasteiger charge is 2.63. The summed E-state index contributed by atoms with van der Waals surface area (Å²) in [6.45, 7) is 9.32. The average molecular weight is 247 g/mol. The maximum absolute atomic E-state index is 11.8. The molecule has 1 aromatic rings. The van der Waals surface area contributed by atoms with Gasteiger partial charge in [-0.2, -0.15) is 0 Å². The van der Waals surface area contributed by atoms with E-state index in [9.17, 15) is 4.79 Å². The molecule has 0 aromatic heterocycles.